The predicted octanol–water partition coefficient (Wildman–Crippen LogP) is -0.273. The number of nitrogens with one attached hydrogen (secondary N) is 1. The number of aromatic nitrogens is 2. The molecule has 0 aromatic carbocycles. The van der Waals surface area contributed by atoms with Crippen LogP contribution in [0.2, 0.25) is 0 Å². The lowest BCUT2D eigenvalue weighted by Crippen LogP contribution is -2.43. The van der Waals surface area contributed by atoms with E-state index < -0.39 is 11.5 Å². The van der Waals surface area contributed by atoms with Gasteiger partial charge < -0.3 is 20.3 Å². The third-order valence-electron chi connectivity index (χ3n) is 2.35. The number of nitrogens with zero attached hydrogens (tertiary/aromatic N) is 2. The summed E-state index contributed by atoms with van der Waals surface area (Å²) in [7, 11) is 1.24. The van der Waals surface area contributed by atoms with Crippen molar-refractivity contribution < 1.29 is 19.7 Å². The standard InChI is InChI=1S/C11H17N3O4/c1-7-4-8(14-11(2,5-15)6-16)13-9(12-7)10(17)18-3/h4,15-16H,5-6H2,1-3H3,(H,12,13,14). The monoisotopic (exact) mass is 255 g/mol. The van der Waals surface area contributed by atoms with Crippen molar-refractivity contribution in [2.75, 3.05) is 25.6 Å². The Bertz CT molecular complexity index is 432. The lowest BCUT2D eigenvalue weighted by Gasteiger charge is -2.26. The molecule has 1 heterocycles. The van der Waals surface area contributed by atoms with E-state index in [4.69, 9.17) is 0 Å². The van der Waals surface area contributed by atoms with E-state index in [0.717, 1.165) is 0 Å². The van der Waals surface area contributed by atoms with Crippen molar-refractivity contribution >= 4 is 11.8 Å². The number of aliphatic hydroxyl groups is 2. The number of carbonyl (C=O) groups is 1. The third kappa shape index (κ3) is 3.38. The number of rotatable bonds is 5. The van der Waals surface area contributed by atoms with Gasteiger partial charge in [0.25, 0.3) is 0 Å². The average molecular weight is 255 g/mol. The van der Waals surface area contributed by atoms with Crippen LogP contribution in [0.25, 0.3) is 0 Å². The maximum atomic E-state index is 11.3. The molecule has 0 saturated heterocycles. The van der Waals surface area contributed by atoms with E-state index in [1.54, 1.807) is 19.9 Å². The molecular weight excluding hydrogens is 238 g/mol. The Kier molecular flexibility index (Phi) is 4.57. The van der Waals surface area contributed by atoms with Gasteiger partial charge in [0.1, 0.15) is 5.82 Å². The number of aryl methyl sites for hydroxylation is 1. The number of methoxy groups -OCH3 is 1. The van der Waals surface area contributed by atoms with Crippen molar-refractivity contribution in [3.05, 3.63) is 17.6 Å². The smallest absolute Gasteiger partial charge is 0.376 e. The van der Waals surface area contributed by atoms with Crippen LogP contribution in [0, 0.1) is 6.92 Å². The fourth-order valence-electron chi connectivity index (χ4n) is 1.25. The summed E-state index contributed by atoms with van der Waals surface area (Å²) in [6.07, 6.45) is 0. The minimum Gasteiger partial charge on any atom is -0.463 e. The van der Waals surface area contributed by atoms with E-state index in [-0.39, 0.29) is 19.0 Å². The highest BCUT2D eigenvalue weighted by Gasteiger charge is 2.23. The van der Waals surface area contributed by atoms with Gasteiger partial charge in [-0.3, -0.25) is 0 Å². The predicted molar refractivity (Wildman–Crippen MR) is 64.3 cm³/mol. The molecule has 18 heavy (non-hydrogen) atoms. The zero-order chi connectivity index (χ0) is 13.8. The molecule has 0 fully saturated rings. The summed E-state index contributed by atoms with van der Waals surface area (Å²) in [5.41, 5.74) is -0.347. The number of esters is 1. The van der Waals surface area contributed by atoms with Crippen LogP contribution in [0.1, 0.15) is 23.2 Å². The van der Waals surface area contributed by atoms with Crippen molar-refractivity contribution in [2.45, 2.75) is 19.4 Å². The molecule has 0 amide bonds. The second-order valence-corrected chi connectivity index (χ2v) is 4.21. The minimum absolute atomic E-state index is 0.0711. The molecule has 0 bridgehead atoms. The highest BCUT2D eigenvalue weighted by Crippen LogP contribution is 2.14. The molecule has 0 saturated carbocycles. The second-order valence-electron chi connectivity index (χ2n) is 4.21. The van der Waals surface area contributed by atoms with Crippen LogP contribution >= 0.6 is 0 Å². The van der Waals surface area contributed by atoms with Crippen LogP contribution in [0.15, 0.2) is 6.07 Å². The lowest BCUT2D eigenvalue weighted by molar-refractivity contribution is 0.0586. The zero-order valence-electron chi connectivity index (χ0n) is 10.6. The maximum absolute atomic E-state index is 11.3. The molecule has 100 valence electrons. The number of ether oxygens (including phenoxy) is 1. The molecule has 3 N–H and O–H groups in total. The first kappa shape index (κ1) is 14.3. The summed E-state index contributed by atoms with van der Waals surface area (Å²) in [6.45, 7) is 2.77. The van der Waals surface area contributed by atoms with Crippen LogP contribution in [-0.4, -0.2) is 52.0 Å². The van der Waals surface area contributed by atoms with Crippen LogP contribution in [0.4, 0.5) is 5.82 Å². The van der Waals surface area contributed by atoms with Gasteiger partial charge in [-0.2, -0.15) is 0 Å². The molecule has 1 aromatic rings. The number of aliphatic hydroxyl groups excluding tert-OH is 2. The SMILES string of the molecule is COC(=O)c1nc(C)cc(NC(C)(CO)CO)n1. The van der Waals surface area contributed by atoms with E-state index in [9.17, 15) is 15.0 Å². The zero-order valence-corrected chi connectivity index (χ0v) is 10.6. The van der Waals surface area contributed by atoms with Gasteiger partial charge in [-0.05, 0) is 13.8 Å². The van der Waals surface area contributed by atoms with Gasteiger partial charge in [0, 0.05) is 11.8 Å². The highest BCUT2D eigenvalue weighted by molar-refractivity contribution is 5.85. The van der Waals surface area contributed by atoms with Gasteiger partial charge in [-0.1, -0.05) is 0 Å². The Balaban J connectivity index is 3.03. The molecule has 0 aliphatic carbocycles. The number of hydrogen-bond donors (Lipinski definition) is 3. The number of hydrogen-bond acceptors (Lipinski definition) is 7. The summed E-state index contributed by atoms with van der Waals surface area (Å²) >= 11 is 0. The summed E-state index contributed by atoms with van der Waals surface area (Å²) in [5.74, 6) is -0.372. The summed E-state index contributed by atoms with van der Waals surface area (Å²) in [6, 6.07) is 1.61. The molecule has 7 nitrogen and oxygen atoms in total. The first-order valence-electron chi connectivity index (χ1n) is 5.38. The Hall–Kier alpha value is -1.73. The van der Waals surface area contributed by atoms with Gasteiger partial charge >= 0.3 is 5.97 Å². The Morgan fingerprint density at radius 2 is 2.06 bits per heavy atom. The first-order valence-corrected chi connectivity index (χ1v) is 5.38. The van der Waals surface area contributed by atoms with E-state index in [0.29, 0.717) is 11.5 Å². The van der Waals surface area contributed by atoms with Crippen LogP contribution in [-0.2, 0) is 4.74 Å². The van der Waals surface area contributed by atoms with Gasteiger partial charge in [-0.15, -0.1) is 0 Å². The normalized spacial score (nSPS) is 11.2. The Labute approximate surface area is 105 Å². The molecule has 0 aliphatic heterocycles. The second kappa shape index (κ2) is 5.74. The molecule has 1 rings (SSSR count). The quantitative estimate of drug-likeness (QED) is 0.622. The average Bonchev–Trinajstić information content (AvgIpc) is 2.36. The van der Waals surface area contributed by atoms with Crippen molar-refractivity contribution in [2.24, 2.45) is 0 Å². The van der Waals surface area contributed by atoms with Gasteiger partial charge in [0.15, 0.2) is 0 Å². The van der Waals surface area contributed by atoms with E-state index in [1.807, 2.05) is 0 Å². The van der Waals surface area contributed by atoms with Crippen molar-refractivity contribution in [3.63, 3.8) is 0 Å². The van der Waals surface area contributed by atoms with Crippen molar-refractivity contribution in [1.29, 1.82) is 0 Å². The van der Waals surface area contributed by atoms with E-state index in [1.165, 1.54) is 7.11 Å². The summed E-state index contributed by atoms with van der Waals surface area (Å²) < 4.78 is 4.54. The molecular formula is C11H17N3O4. The van der Waals surface area contributed by atoms with Crippen LogP contribution < -0.4 is 5.32 Å². The Morgan fingerprint density at radius 1 is 1.44 bits per heavy atom. The maximum Gasteiger partial charge on any atom is 0.376 e. The molecule has 0 unspecified atom stereocenters. The number of anilines is 1. The summed E-state index contributed by atoms with van der Waals surface area (Å²) in [5, 5.41) is 21.2. The topological polar surface area (TPSA) is 105 Å². The minimum atomic E-state index is -0.922. The van der Waals surface area contributed by atoms with Crippen molar-refractivity contribution in [3.8, 4) is 0 Å². The summed E-state index contributed by atoms with van der Waals surface area (Å²) in [4.78, 5) is 19.3. The van der Waals surface area contributed by atoms with Gasteiger partial charge in [0.05, 0.1) is 25.9 Å². The van der Waals surface area contributed by atoms with E-state index >= 15 is 0 Å². The van der Waals surface area contributed by atoms with Crippen LogP contribution in [0.5, 0.6) is 0 Å². The fourth-order valence-corrected chi connectivity index (χ4v) is 1.25. The van der Waals surface area contributed by atoms with E-state index in [2.05, 4.69) is 20.0 Å². The number of carbonyl (C=O) groups excluding carboxylic acids is 1. The van der Waals surface area contributed by atoms with Gasteiger partial charge in [0.2, 0.25) is 5.82 Å². The molecule has 0 aliphatic rings. The van der Waals surface area contributed by atoms with Gasteiger partial charge in [-0.25, -0.2) is 14.8 Å². The highest BCUT2D eigenvalue weighted by atomic mass is 16.5. The van der Waals surface area contributed by atoms with Crippen molar-refractivity contribution in [1.82, 2.24) is 9.97 Å². The molecule has 7 heteroatoms. The third-order valence-corrected chi connectivity index (χ3v) is 2.35. The molecule has 0 atom stereocenters. The lowest BCUT2D eigenvalue weighted by atomic mass is 10.1. The molecule has 0 radical (unpaired) electrons. The largest absolute Gasteiger partial charge is 0.463 e. The molecule has 1 aromatic heterocycles. The Morgan fingerprint density at radius 3 is 2.56 bits per heavy atom. The first-order chi connectivity index (χ1) is 8.44. The fraction of sp³-hybridized carbons (Fsp3) is 0.545. The molecule has 0 spiro atoms. The van der Waals surface area contributed by atoms with Crippen LogP contribution in [0.3, 0.4) is 0 Å².